The van der Waals surface area contributed by atoms with Crippen LogP contribution < -0.4 is 15.4 Å². The summed E-state index contributed by atoms with van der Waals surface area (Å²) in [5.41, 5.74) is 0.588. The summed E-state index contributed by atoms with van der Waals surface area (Å²) in [5.74, 6) is 0.347. The normalized spacial score (nSPS) is 12.2. The van der Waals surface area contributed by atoms with Crippen LogP contribution in [0.25, 0.3) is 0 Å². The van der Waals surface area contributed by atoms with Crippen molar-refractivity contribution in [2.24, 2.45) is 5.41 Å². The summed E-state index contributed by atoms with van der Waals surface area (Å²) < 4.78 is 5.00. The summed E-state index contributed by atoms with van der Waals surface area (Å²) >= 11 is 0. The fraction of sp³-hybridized carbons (Fsp3) is 0.316. The molecule has 0 spiro atoms. The van der Waals surface area contributed by atoms with Gasteiger partial charge in [-0.15, -0.1) is 0 Å². The number of hydrogen-bond acceptors (Lipinski definition) is 4. The number of carbonyl (C=O) groups excluding carboxylic acids is 1. The van der Waals surface area contributed by atoms with Crippen LogP contribution in [0.1, 0.15) is 32.4 Å². The molecule has 0 aliphatic carbocycles. The number of rotatable bonds is 5. The number of nitro groups is 1. The van der Waals surface area contributed by atoms with Gasteiger partial charge in [-0.05, 0) is 23.1 Å². The number of methoxy groups -OCH3 is 1. The van der Waals surface area contributed by atoms with E-state index in [1.807, 2.05) is 51.1 Å². The summed E-state index contributed by atoms with van der Waals surface area (Å²) in [6.07, 6.45) is 0. The molecular formula is C19H23N3O4. The van der Waals surface area contributed by atoms with Crippen molar-refractivity contribution in [2.45, 2.75) is 26.8 Å². The molecule has 0 aliphatic heterocycles. The van der Waals surface area contributed by atoms with Crippen LogP contribution in [0.15, 0.2) is 48.5 Å². The first-order valence-corrected chi connectivity index (χ1v) is 8.17. The van der Waals surface area contributed by atoms with Crippen molar-refractivity contribution < 1.29 is 14.5 Å². The number of hydrogen-bond donors (Lipinski definition) is 2. The lowest BCUT2D eigenvalue weighted by atomic mass is 9.82. The van der Waals surface area contributed by atoms with Gasteiger partial charge in [0.15, 0.2) is 0 Å². The number of carbonyl (C=O) groups is 1. The predicted octanol–water partition coefficient (Wildman–Crippen LogP) is 4.51. The Morgan fingerprint density at radius 3 is 2.35 bits per heavy atom. The van der Waals surface area contributed by atoms with Gasteiger partial charge >= 0.3 is 6.03 Å². The number of urea groups is 1. The average molecular weight is 357 g/mol. The SMILES string of the molecule is COc1ccc(NC(=O)N[C@H](c2ccccc2)C(C)(C)C)c([N+](=O)[O-])c1. The smallest absolute Gasteiger partial charge is 0.319 e. The van der Waals surface area contributed by atoms with Crippen LogP contribution in [0.5, 0.6) is 5.75 Å². The highest BCUT2D eigenvalue weighted by atomic mass is 16.6. The van der Waals surface area contributed by atoms with Gasteiger partial charge in [0.25, 0.3) is 5.69 Å². The second-order valence-electron chi connectivity index (χ2n) is 6.95. The van der Waals surface area contributed by atoms with Gasteiger partial charge in [0.2, 0.25) is 0 Å². The van der Waals surface area contributed by atoms with Crippen molar-refractivity contribution in [1.29, 1.82) is 0 Å². The Hall–Kier alpha value is -3.09. The molecule has 138 valence electrons. The Bertz CT molecular complexity index is 785. The Labute approximate surface area is 152 Å². The first kappa shape index (κ1) is 19.2. The van der Waals surface area contributed by atoms with Crippen molar-refractivity contribution >= 4 is 17.4 Å². The number of ether oxygens (including phenoxy) is 1. The summed E-state index contributed by atoms with van der Waals surface area (Å²) in [4.78, 5) is 23.2. The number of anilines is 1. The Balaban J connectivity index is 2.23. The van der Waals surface area contributed by atoms with E-state index in [0.717, 1.165) is 5.56 Å². The van der Waals surface area contributed by atoms with Crippen LogP contribution in [0.3, 0.4) is 0 Å². The van der Waals surface area contributed by atoms with Gasteiger partial charge in [-0.1, -0.05) is 51.1 Å². The van der Waals surface area contributed by atoms with Crippen LogP contribution in [-0.2, 0) is 0 Å². The zero-order valence-electron chi connectivity index (χ0n) is 15.3. The second kappa shape index (κ2) is 7.86. The lowest BCUT2D eigenvalue weighted by molar-refractivity contribution is -0.384. The van der Waals surface area contributed by atoms with E-state index in [2.05, 4.69) is 10.6 Å². The lowest BCUT2D eigenvalue weighted by Gasteiger charge is -2.32. The number of amides is 2. The molecule has 0 heterocycles. The Kier molecular flexibility index (Phi) is 5.82. The van der Waals surface area contributed by atoms with Crippen molar-refractivity contribution in [3.63, 3.8) is 0 Å². The summed E-state index contributed by atoms with van der Waals surface area (Å²) in [7, 11) is 1.42. The van der Waals surface area contributed by atoms with E-state index in [-0.39, 0.29) is 22.8 Å². The van der Waals surface area contributed by atoms with E-state index in [1.165, 1.54) is 19.2 Å². The molecule has 0 saturated heterocycles. The zero-order valence-corrected chi connectivity index (χ0v) is 15.3. The molecule has 2 aromatic carbocycles. The standard InChI is InChI=1S/C19H23N3O4/c1-19(2,3)17(13-8-6-5-7-9-13)21-18(23)20-15-11-10-14(26-4)12-16(15)22(24)25/h5-12,17H,1-4H3,(H2,20,21,23)/t17-/m1/s1. The van der Waals surface area contributed by atoms with E-state index in [0.29, 0.717) is 5.75 Å². The maximum absolute atomic E-state index is 12.5. The highest BCUT2D eigenvalue weighted by molar-refractivity contribution is 5.92. The molecule has 0 unspecified atom stereocenters. The third kappa shape index (κ3) is 4.72. The van der Waals surface area contributed by atoms with Crippen LogP contribution in [0.4, 0.5) is 16.2 Å². The van der Waals surface area contributed by atoms with E-state index in [4.69, 9.17) is 4.74 Å². The topological polar surface area (TPSA) is 93.5 Å². The molecular weight excluding hydrogens is 334 g/mol. The van der Waals surface area contributed by atoms with E-state index in [1.54, 1.807) is 6.07 Å². The van der Waals surface area contributed by atoms with Crippen molar-refractivity contribution in [2.75, 3.05) is 12.4 Å². The molecule has 2 rings (SSSR count). The van der Waals surface area contributed by atoms with Crippen LogP contribution in [0, 0.1) is 15.5 Å². The quantitative estimate of drug-likeness (QED) is 0.608. The maximum atomic E-state index is 12.5. The molecule has 2 aromatic rings. The molecule has 0 radical (unpaired) electrons. The van der Waals surface area contributed by atoms with Gasteiger partial charge in [0, 0.05) is 0 Å². The van der Waals surface area contributed by atoms with Gasteiger partial charge in [-0.25, -0.2) is 4.79 Å². The van der Waals surface area contributed by atoms with Gasteiger partial charge in [0.05, 0.1) is 24.1 Å². The average Bonchev–Trinajstić information content (AvgIpc) is 2.59. The van der Waals surface area contributed by atoms with Gasteiger partial charge < -0.3 is 15.4 Å². The minimum absolute atomic E-state index is 0.106. The van der Waals surface area contributed by atoms with E-state index >= 15 is 0 Å². The van der Waals surface area contributed by atoms with Gasteiger partial charge in [-0.2, -0.15) is 0 Å². The highest BCUT2D eigenvalue weighted by Gasteiger charge is 2.28. The number of nitrogens with zero attached hydrogens (tertiary/aromatic N) is 1. The van der Waals surface area contributed by atoms with Gasteiger partial charge in [0.1, 0.15) is 11.4 Å². The van der Waals surface area contributed by atoms with Gasteiger partial charge in [-0.3, -0.25) is 10.1 Å². The fourth-order valence-corrected chi connectivity index (χ4v) is 2.63. The Morgan fingerprint density at radius 1 is 1.15 bits per heavy atom. The molecule has 2 amide bonds. The minimum Gasteiger partial charge on any atom is -0.496 e. The number of benzene rings is 2. The molecule has 26 heavy (non-hydrogen) atoms. The Morgan fingerprint density at radius 2 is 1.81 bits per heavy atom. The monoisotopic (exact) mass is 357 g/mol. The first-order valence-electron chi connectivity index (χ1n) is 8.17. The molecule has 0 bridgehead atoms. The third-order valence-corrected chi connectivity index (χ3v) is 3.92. The summed E-state index contributed by atoms with van der Waals surface area (Å²) in [6, 6.07) is 13.1. The van der Waals surface area contributed by atoms with Crippen molar-refractivity contribution in [1.82, 2.24) is 5.32 Å². The number of nitrogens with one attached hydrogen (secondary N) is 2. The van der Waals surface area contributed by atoms with E-state index < -0.39 is 11.0 Å². The second-order valence-corrected chi connectivity index (χ2v) is 6.95. The lowest BCUT2D eigenvalue weighted by Crippen LogP contribution is -2.39. The molecule has 0 fully saturated rings. The predicted molar refractivity (Wildman–Crippen MR) is 100 cm³/mol. The first-order chi connectivity index (χ1) is 12.2. The molecule has 0 aromatic heterocycles. The van der Waals surface area contributed by atoms with Crippen LogP contribution in [-0.4, -0.2) is 18.1 Å². The molecule has 7 nitrogen and oxygen atoms in total. The minimum atomic E-state index is -0.559. The summed E-state index contributed by atoms with van der Waals surface area (Å²) in [6.45, 7) is 6.04. The molecule has 2 N–H and O–H groups in total. The maximum Gasteiger partial charge on any atom is 0.319 e. The zero-order chi connectivity index (χ0) is 19.3. The molecule has 0 saturated carbocycles. The van der Waals surface area contributed by atoms with Crippen molar-refractivity contribution in [3.05, 3.63) is 64.2 Å². The molecule has 7 heteroatoms. The van der Waals surface area contributed by atoms with Crippen LogP contribution in [0.2, 0.25) is 0 Å². The van der Waals surface area contributed by atoms with E-state index in [9.17, 15) is 14.9 Å². The van der Waals surface area contributed by atoms with Crippen molar-refractivity contribution in [3.8, 4) is 5.75 Å². The third-order valence-electron chi connectivity index (χ3n) is 3.92. The molecule has 0 aliphatic rings. The fourth-order valence-electron chi connectivity index (χ4n) is 2.63. The summed E-state index contributed by atoms with van der Waals surface area (Å²) in [5, 5.41) is 16.7. The highest BCUT2D eigenvalue weighted by Crippen LogP contribution is 2.33. The van der Waals surface area contributed by atoms with Crippen LogP contribution >= 0.6 is 0 Å². The largest absolute Gasteiger partial charge is 0.496 e. The molecule has 1 atom stereocenters. The number of nitro benzene ring substituents is 1.